The van der Waals surface area contributed by atoms with Crippen molar-refractivity contribution in [3.05, 3.63) is 105 Å². The summed E-state index contributed by atoms with van der Waals surface area (Å²) in [6.07, 6.45) is 0.382. The highest BCUT2D eigenvalue weighted by Gasteiger charge is 2.44. The van der Waals surface area contributed by atoms with Gasteiger partial charge < -0.3 is 15.3 Å². The molecule has 8 heteroatoms. The minimum atomic E-state index is -1.04. The van der Waals surface area contributed by atoms with Crippen LogP contribution >= 0.6 is 23.2 Å². The van der Waals surface area contributed by atoms with Gasteiger partial charge in [0.1, 0.15) is 0 Å². The van der Waals surface area contributed by atoms with E-state index in [1.807, 2.05) is 30.3 Å². The van der Waals surface area contributed by atoms with Crippen molar-refractivity contribution in [2.24, 2.45) is 0 Å². The number of hydrogen-bond acceptors (Lipinski definition) is 3. The first-order chi connectivity index (χ1) is 16.9. The highest BCUT2D eigenvalue weighted by atomic mass is 35.5. The number of carboxylic acids is 1. The molecule has 180 valence electrons. The second kappa shape index (κ2) is 10.9. The van der Waals surface area contributed by atoms with Gasteiger partial charge in [-0.2, -0.15) is 0 Å². The highest BCUT2D eigenvalue weighted by Crippen LogP contribution is 2.45. The van der Waals surface area contributed by atoms with Crippen LogP contribution < -0.4 is 5.32 Å². The fourth-order valence-corrected chi connectivity index (χ4v) is 5.03. The molecule has 0 bridgehead atoms. The van der Waals surface area contributed by atoms with E-state index in [9.17, 15) is 19.5 Å². The van der Waals surface area contributed by atoms with E-state index in [0.717, 1.165) is 5.56 Å². The van der Waals surface area contributed by atoms with Gasteiger partial charge in [0.15, 0.2) is 0 Å². The summed E-state index contributed by atoms with van der Waals surface area (Å²) in [6, 6.07) is 20.8. The van der Waals surface area contributed by atoms with E-state index in [1.165, 1.54) is 4.90 Å². The van der Waals surface area contributed by atoms with Gasteiger partial charge >= 0.3 is 5.97 Å². The molecule has 2 atom stereocenters. The largest absolute Gasteiger partial charge is 0.481 e. The van der Waals surface area contributed by atoms with Crippen LogP contribution in [0.2, 0.25) is 10.0 Å². The number of aliphatic carboxylic acids is 1. The number of hydrogen-bond donors (Lipinski definition) is 2. The predicted molar refractivity (Wildman–Crippen MR) is 135 cm³/mol. The lowest BCUT2D eigenvalue weighted by molar-refractivity contribution is -0.137. The molecular formula is C27H24Cl2N2O4. The highest BCUT2D eigenvalue weighted by molar-refractivity contribution is 6.35. The van der Waals surface area contributed by atoms with Gasteiger partial charge in [-0.15, -0.1) is 0 Å². The van der Waals surface area contributed by atoms with Crippen molar-refractivity contribution in [1.29, 1.82) is 0 Å². The average molecular weight is 511 g/mol. The van der Waals surface area contributed by atoms with E-state index in [2.05, 4.69) is 5.32 Å². The summed E-state index contributed by atoms with van der Waals surface area (Å²) in [7, 11) is 0. The monoisotopic (exact) mass is 510 g/mol. The van der Waals surface area contributed by atoms with E-state index in [1.54, 1.807) is 42.5 Å². The summed E-state index contributed by atoms with van der Waals surface area (Å²) in [4.78, 5) is 40.0. The Bertz CT molecular complexity index is 1250. The molecule has 0 aliphatic carbocycles. The molecule has 4 rings (SSSR count). The predicted octanol–water partition coefficient (Wildman–Crippen LogP) is 5.11. The summed E-state index contributed by atoms with van der Waals surface area (Å²) in [6.45, 7) is 0.339. The Labute approximate surface area is 213 Å². The summed E-state index contributed by atoms with van der Waals surface area (Å²) < 4.78 is 0. The van der Waals surface area contributed by atoms with Crippen LogP contribution in [0.3, 0.4) is 0 Å². The van der Waals surface area contributed by atoms with Crippen LogP contribution in [0.4, 0.5) is 0 Å². The summed E-state index contributed by atoms with van der Waals surface area (Å²) in [5.41, 5.74) is 2.58. The van der Waals surface area contributed by atoms with Crippen LogP contribution in [0.25, 0.3) is 0 Å². The van der Waals surface area contributed by atoms with Crippen molar-refractivity contribution in [3.8, 4) is 0 Å². The Balaban J connectivity index is 1.74. The molecule has 1 aliphatic heterocycles. The molecule has 6 nitrogen and oxygen atoms in total. The number of amides is 2. The van der Waals surface area contributed by atoms with Crippen LogP contribution in [0, 0.1) is 0 Å². The fourth-order valence-electron chi connectivity index (χ4n) is 4.51. The molecule has 1 aliphatic rings. The van der Waals surface area contributed by atoms with Gasteiger partial charge in [-0.05, 0) is 41.3 Å². The molecule has 0 saturated heterocycles. The van der Waals surface area contributed by atoms with E-state index in [-0.39, 0.29) is 24.8 Å². The molecule has 35 heavy (non-hydrogen) atoms. The van der Waals surface area contributed by atoms with E-state index >= 15 is 0 Å². The Morgan fingerprint density at radius 2 is 1.66 bits per heavy atom. The molecule has 0 aromatic heterocycles. The lowest BCUT2D eigenvalue weighted by Crippen LogP contribution is -2.48. The molecule has 0 fully saturated rings. The topological polar surface area (TPSA) is 86.7 Å². The van der Waals surface area contributed by atoms with E-state index in [0.29, 0.717) is 39.7 Å². The maximum Gasteiger partial charge on any atom is 0.305 e. The van der Waals surface area contributed by atoms with Crippen LogP contribution in [-0.4, -0.2) is 40.9 Å². The van der Waals surface area contributed by atoms with Gasteiger partial charge in [-0.3, -0.25) is 14.4 Å². The zero-order valence-corrected chi connectivity index (χ0v) is 20.3. The molecule has 3 aromatic carbocycles. The maximum atomic E-state index is 13.7. The number of carbonyl (C=O) groups is 3. The van der Waals surface area contributed by atoms with Crippen molar-refractivity contribution in [2.75, 3.05) is 13.1 Å². The lowest BCUT2D eigenvalue weighted by atomic mass is 9.79. The number of carbonyl (C=O) groups excluding carboxylic acids is 2. The van der Waals surface area contributed by atoms with Crippen LogP contribution in [0.1, 0.15) is 45.4 Å². The van der Waals surface area contributed by atoms with Crippen molar-refractivity contribution in [3.63, 3.8) is 0 Å². The quantitative estimate of drug-likeness (QED) is 0.440. The first-order valence-electron chi connectivity index (χ1n) is 11.2. The second-order valence-corrected chi connectivity index (χ2v) is 9.19. The molecule has 1 heterocycles. The van der Waals surface area contributed by atoms with E-state index < -0.39 is 17.9 Å². The first-order valence-corrected chi connectivity index (χ1v) is 12.0. The molecule has 0 radical (unpaired) electrons. The Kier molecular flexibility index (Phi) is 7.73. The van der Waals surface area contributed by atoms with Crippen molar-refractivity contribution in [1.82, 2.24) is 10.2 Å². The SMILES string of the molecule is O=C(O)CCN1C(=O)c2ccccc2[C@@H](C(=O)NCCc2ccccc2)[C@@H]1c1ccc(Cl)cc1Cl. The number of carboxylic acid groups (broad SMARTS) is 1. The van der Waals surface area contributed by atoms with Gasteiger partial charge in [0.25, 0.3) is 5.91 Å². The third kappa shape index (κ3) is 5.50. The minimum Gasteiger partial charge on any atom is -0.481 e. The summed E-state index contributed by atoms with van der Waals surface area (Å²) >= 11 is 12.7. The standard InChI is InChI=1S/C27H24Cl2N2O4/c28-18-10-11-21(22(29)16-18)25-24(26(34)30-14-12-17-6-2-1-3-7-17)19-8-4-5-9-20(19)27(35)31(25)15-13-23(32)33/h1-11,16,24-25H,12-15H2,(H,30,34)(H,32,33)/t24-,25+/m1/s1. The molecular weight excluding hydrogens is 487 g/mol. The number of rotatable bonds is 8. The summed E-state index contributed by atoms with van der Waals surface area (Å²) in [5, 5.41) is 13.0. The minimum absolute atomic E-state index is 0.0695. The number of benzene rings is 3. The van der Waals surface area contributed by atoms with Gasteiger partial charge in [-0.25, -0.2) is 0 Å². The number of nitrogens with one attached hydrogen (secondary N) is 1. The number of nitrogens with zero attached hydrogens (tertiary/aromatic N) is 1. The normalized spacial score (nSPS) is 17.1. The van der Waals surface area contributed by atoms with Gasteiger partial charge in [0.2, 0.25) is 5.91 Å². The van der Waals surface area contributed by atoms with Crippen molar-refractivity contribution < 1.29 is 19.5 Å². The Hall–Kier alpha value is -3.35. The summed E-state index contributed by atoms with van der Waals surface area (Å²) in [5.74, 6) is -2.43. The van der Waals surface area contributed by atoms with Crippen LogP contribution in [-0.2, 0) is 16.0 Å². The van der Waals surface area contributed by atoms with Crippen LogP contribution in [0.15, 0.2) is 72.8 Å². The second-order valence-electron chi connectivity index (χ2n) is 8.34. The van der Waals surface area contributed by atoms with Gasteiger partial charge in [-0.1, -0.05) is 77.8 Å². The number of halogens is 2. The zero-order valence-electron chi connectivity index (χ0n) is 18.8. The Morgan fingerprint density at radius 1 is 0.943 bits per heavy atom. The lowest BCUT2D eigenvalue weighted by Gasteiger charge is -2.42. The molecule has 2 amide bonds. The fraction of sp³-hybridized carbons (Fsp3) is 0.222. The van der Waals surface area contributed by atoms with E-state index in [4.69, 9.17) is 23.2 Å². The van der Waals surface area contributed by atoms with Gasteiger partial charge in [0, 0.05) is 28.7 Å². The third-order valence-electron chi connectivity index (χ3n) is 6.12. The molecule has 0 spiro atoms. The van der Waals surface area contributed by atoms with Crippen molar-refractivity contribution in [2.45, 2.75) is 24.8 Å². The average Bonchev–Trinajstić information content (AvgIpc) is 2.84. The number of fused-ring (bicyclic) bond motifs is 1. The third-order valence-corrected chi connectivity index (χ3v) is 6.69. The maximum absolute atomic E-state index is 13.7. The van der Waals surface area contributed by atoms with Crippen LogP contribution in [0.5, 0.6) is 0 Å². The molecule has 3 aromatic rings. The molecule has 0 saturated carbocycles. The van der Waals surface area contributed by atoms with Crippen molar-refractivity contribution >= 4 is 41.0 Å². The molecule has 2 N–H and O–H groups in total. The Morgan fingerprint density at radius 3 is 2.37 bits per heavy atom. The first kappa shape index (κ1) is 24.8. The zero-order chi connectivity index (χ0) is 24.9. The smallest absolute Gasteiger partial charge is 0.305 e. The van der Waals surface area contributed by atoms with Gasteiger partial charge in [0.05, 0.1) is 18.4 Å². The molecule has 0 unspecified atom stereocenters.